The first-order valence-electron chi connectivity index (χ1n) is 7.87. The van der Waals surface area contributed by atoms with Gasteiger partial charge in [0.05, 0.1) is 13.7 Å². The highest BCUT2D eigenvalue weighted by molar-refractivity contribution is 7.17. The zero-order chi connectivity index (χ0) is 16.1. The van der Waals surface area contributed by atoms with Gasteiger partial charge in [0.15, 0.2) is 0 Å². The third-order valence-electron chi connectivity index (χ3n) is 3.99. The SMILES string of the molecule is COc1cc(-c2ccccc2)sc1C(=O)NC[C@H]1CCCOC1. The zero-order valence-corrected chi connectivity index (χ0v) is 14.0. The topological polar surface area (TPSA) is 47.6 Å². The summed E-state index contributed by atoms with van der Waals surface area (Å²) >= 11 is 1.46. The standard InChI is InChI=1S/C18H21NO3S/c1-21-15-10-16(14-7-3-2-4-8-14)23-17(15)18(20)19-11-13-6-5-9-22-12-13/h2-4,7-8,10,13H,5-6,9,11-12H2,1H3,(H,19,20)/t13-/m1/s1. The number of hydrogen-bond acceptors (Lipinski definition) is 4. The lowest BCUT2D eigenvalue weighted by Gasteiger charge is -2.22. The molecular formula is C18H21NO3S. The lowest BCUT2D eigenvalue weighted by atomic mass is 10.0. The average Bonchev–Trinajstić information content (AvgIpc) is 3.06. The van der Waals surface area contributed by atoms with Crippen LogP contribution in [0.25, 0.3) is 10.4 Å². The average molecular weight is 331 g/mol. The summed E-state index contributed by atoms with van der Waals surface area (Å²) in [6.07, 6.45) is 2.18. The Morgan fingerprint density at radius 1 is 1.39 bits per heavy atom. The quantitative estimate of drug-likeness (QED) is 0.911. The summed E-state index contributed by atoms with van der Waals surface area (Å²) in [5.74, 6) is 0.970. The number of ether oxygens (including phenoxy) is 2. The van der Waals surface area contributed by atoms with Gasteiger partial charge in [-0.1, -0.05) is 30.3 Å². The number of carbonyl (C=O) groups is 1. The van der Waals surface area contributed by atoms with E-state index in [9.17, 15) is 4.79 Å². The van der Waals surface area contributed by atoms with Crippen molar-refractivity contribution in [3.05, 3.63) is 41.3 Å². The van der Waals surface area contributed by atoms with Crippen molar-refractivity contribution in [2.75, 3.05) is 26.9 Å². The molecule has 0 spiro atoms. The van der Waals surface area contributed by atoms with Gasteiger partial charge in [-0.3, -0.25) is 4.79 Å². The minimum Gasteiger partial charge on any atom is -0.495 e. The van der Waals surface area contributed by atoms with Crippen LogP contribution in [0.2, 0.25) is 0 Å². The number of rotatable bonds is 5. The molecule has 0 unspecified atom stereocenters. The lowest BCUT2D eigenvalue weighted by molar-refractivity contribution is 0.0536. The second-order valence-electron chi connectivity index (χ2n) is 5.67. The van der Waals surface area contributed by atoms with Gasteiger partial charge in [-0.2, -0.15) is 0 Å². The molecule has 1 atom stereocenters. The van der Waals surface area contributed by atoms with Gasteiger partial charge in [-0.15, -0.1) is 11.3 Å². The van der Waals surface area contributed by atoms with Gasteiger partial charge in [-0.05, 0) is 30.4 Å². The molecule has 1 N–H and O–H groups in total. The Morgan fingerprint density at radius 3 is 2.91 bits per heavy atom. The molecule has 1 aromatic carbocycles. The van der Waals surface area contributed by atoms with Crippen molar-refractivity contribution in [2.45, 2.75) is 12.8 Å². The third-order valence-corrected chi connectivity index (χ3v) is 5.15. The highest BCUT2D eigenvalue weighted by Gasteiger charge is 2.20. The van der Waals surface area contributed by atoms with Crippen molar-refractivity contribution in [2.24, 2.45) is 5.92 Å². The zero-order valence-electron chi connectivity index (χ0n) is 13.2. The molecule has 23 heavy (non-hydrogen) atoms. The van der Waals surface area contributed by atoms with Gasteiger partial charge in [-0.25, -0.2) is 0 Å². The number of nitrogens with one attached hydrogen (secondary N) is 1. The second kappa shape index (κ2) is 7.62. The molecule has 3 rings (SSSR count). The summed E-state index contributed by atoms with van der Waals surface area (Å²) in [6.45, 7) is 2.22. The summed E-state index contributed by atoms with van der Waals surface area (Å²) in [6, 6.07) is 12.0. The van der Waals surface area contributed by atoms with E-state index in [0.717, 1.165) is 36.5 Å². The van der Waals surface area contributed by atoms with Crippen molar-refractivity contribution in [1.29, 1.82) is 0 Å². The third kappa shape index (κ3) is 3.92. The van der Waals surface area contributed by atoms with Gasteiger partial charge in [0.2, 0.25) is 0 Å². The Bertz CT molecular complexity index is 648. The van der Waals surface area contributed by atoms with Crippen molar-refractivity contribution in [3.63, 3.8) is 0 Å². The molecule has 1 saturated heterocycles. The first kappa shape index (κ1) is 16.0. The largest absolute Gasteiger partial charge is 0.495 e. The van der Waals surface area contributed by atoms with E-state index in [4.69, 9.17) is 9.47 Å². The van der Waals surface area contributed by atoms with Crippen LogP contribution >= 0.6 is 11.3 Å². The van der Waals surface area contributed by atoms with Crippen LogP contribution < -0.4 is 10.1 Å². The predicted molar refractivity (Wildman–Crippen MR) is 92.2 cm³/mol. The Morgan fingerprint density at radius 2 is 2.22 bits per heavy atom. The van der Waals surface area contributed by atoms with E-state index < -0.39 is 0 Å². The molecule has 1 aliphatic rings. The number of amides is 1. The molecule has 1 fully saturated rings. The fraction of sp³-hybridized carbons (Fsp3) is 0.389. The molecule has 2 heterocycles. The second-order valence-corrected chi connectivity index (χ2v) is 6.72. The Kier molecular flexibility index (Phi) is 5.31. The summed E-state index contributed by atoms with van der Waals surface area (Å²) in [5, 5.41) is 3.02. The molecule has 0 aliphatic carbocycles. The number of methoxy groups -OCH3 is 1. The Hall–Kier alpha value is -1.85. The van der Waals surface area contributed by atoms with Crippen molar-refractivity contribution < 1.29 is 14.3 Å². The molecule has 2 aromatic rings. The highest BCUT2D eigenvalue weighted by atomic mass is 32.1. The van der Waals surface area contributed by atoms with E-state index in [1.807, 2.05) is 36.4 Å². The fourth-order valence-electron chi connectivity index (χ4n) is 2.71. The maximum absolute atomic E-state index is 12.5. The summed E-state index contributed by atoms with van der Waals surface area (Å²) in [4.78, 5) is 14.2. The van der Waals surface area contributed by atoms with Crippen LogP contribution in [0, 0.1) is 5.92 Å². The molecule has 1 amide bonds. The number of benzene rings is 1. The number of thiophene rings is 1. The van der Waals surface area contributed by atoms with Crippen LogP contribution in [-0.4, -0.2) is 32.8 Å². The van der Waals surface area contributed by atoms with Gasteiger partial charge < -0.3 is 14.8 Å². The highest BCUT2D eigenvalue weighted by Crippen LogP contribution is 2.36. The molecule has 1 aromatic heterocycles. The number of hydrogen-bond donors (Lipinski definition) is 1. The van der Waals surface area contributed by atoms with Crippen LogP contribution in [0.4, 0.5) is 0 Å². The minimum atomic E-state index is -0.0698. The molecule has 0 bridgehead atoms. The van der Waals surface area contributed by atoms with Crippen LogP contribution in [0.1, 0.15) is 22.5 Å². The van der Waals surface area contributed by atoms with Crippen LogP contribution in [0.3, 0.4) is 0 Å². The predicted octanol–water partition coefficient (Wildman–Crippen LogP) is 3.58. The smallest absolute Gasteiger partial charge is 0.265 e. The first-order valence-corrected chi connectivity index (χ1v) is 8.68. The Labute approximate surface area is 140 Å². The van der Waals surface area contributed by atoms with E-state index in [-0.39, 0.29) is 5.91 Å². The van der Waals surface area contributed by atoms with Crippen molar-refractivity contribution in [3.8, 4) is 16.2 Å². The molecule has 0 saturated carbocycles. The van der Waals surface area contributed by atoms with Gasteiger partial charge in [0.25, 0.3) is 5.91 Å². The van der Waals surface area contributed by atoms with Gasteiger partial charge in [0, 0.05) is 18.0 Å². The van der Waals surface area contributed by atoms with Crippen LogP contribution in [0.5, 0.6) is 5.75 Å². The molecule has 0 radical (unpaired) electrons. The lowest BCUT2D eigenvalue weighted by Crippen LogP contribution is -2.33. The van der Waals surface area contributed by atoms with Gasteiger partial charge >= 0.3 is 0 Å². The van der Waals surface area contributed by atoms with E-state index in [2.05, 4.69) is 5.32 Å². The molecular weight excluding hydrogens is 310 g/mol. The molecule has 5 heteroatoms. The first-order chi connectivity index (χ1) is 11.3. The van der Waals surface area contributed by atoms with Crippen LogP contribution in [0.15, 0.2) is 36.4 Å². The van der Waals surface area contributed by atoms with E-state index >= 15 is 0 Å². The fourth-order valence-corrected chi connectivity index (χ4v) is 3.76. The van der Waals surface area contributed by atoms with E-state index in [1.165, 1.54) is 11.3 Å². The molecule has 122 valence electrons. The normalized spacial score (nSPS) is 17.7. The van der Waals surface area contributed by atoms with Crippen molar-refractivity contribution in [1.82, 2.24) is 5.32 Å². The van der Waals surface area contributed by atoms with Crippen molar-refractivity contribution >= 4 is 17.2 Å². The number of carbonyl (C=O) groups excluding carboxylic acids is 1. The Balaban J connectivity index is 1.70. The molecule has 1 aliphatic heterocycles. The molecule has 4 nitrogen and oxygen atoms in total. The van der Waals surface area contributed by atoms with E-state index in [0.29, 0.717) is 23.1 Å². The van der Waals surface area contributed by atoms with E-state index in [1.54, 1.807) is 7.11 Å². The maximum Gasteiger partial charge on any atom is 0.265 e. The van der Waals surface area contributed by atoms with Gasteiger partial charge in [0.1, 0.15) is 10.6 Å². The summed E-state index contributed by atoms with van der Waals surface area (Å²) < 4.78 is 10.8. The summed E-state index contributed by atoms with van der Waals surface area (Å²) in [7, 11) is 1.60. The monoisotopic (exact) mass is 331 g/mol. The van der Waals surface area contributed by atoms with Crippen LogP contribution in [-0.2, 0) is 4.74 Å². The maximum atomic E-state index is 12.5. The summed E-state index contributed by atoms with van der Waals surface area (Å²) in [5.41, 5.74) is 1.09. The minimum absolute atomic E-state index is 0.0698.